The van der Waals surface area contributed by atoms with Gasteiger partial charge in [-0.15, -0.1) is 0 Å². The van der Waals surface area contributed by atoms with Crippen LogP contribution in [0.25, 0.3) is 0 Å². The number of hydrogen-bond acceptors (Lipinski definition) is 2. The number of rotatable bonds is 5. The Balaban J connectivity index is 2.06. The Kier molecular flexibility index (Phi) is 3.70. The Bertz CT molecular complexity index is 488. The molecule has 0 aromatic carbocycles. The molecular weight excluding hydrogens is 212 g/mol. The Morgan fingerprint density at radius 2 is 2.29 bits per heavy atom. The van der Waals surface area contributed by atoms with Crippen LogP contribution in [0.5, 0.6) is 0 Å². The Morgan fingerprint density at radius 1 is 1.41 bits per heavy atom. The van der Waals surface area contributed by atoms with Gasteiger partial charge < -0.3 is 4.57 Å². The van der Waals surface area contributed by atoms with E-state index in [1.54, 1.807) is 6.20 Å². The topological polar surface area (TPSA) is 34.9 Å². The van der Waals surface area contributed by atoms with E-state index in [2.05, 4.69) is 4.98 Å². The first-order valence-corrected chi connectivity index (χ1v) is 5.87. The maximum atomic E-state index is 11.7. The summed E-state index contributed by atoms with van der Waals surface area (Å²) < 4.78 is 2.01. The van der Waals surface area contributed by atoms with Gasteiger partial charge in [-0.2, -0.15) is 0 Å². The zero-order chi connectivity index (χ0) is 12.1. The fourth-order valence-corrected chi connectivity index (χ4v) is 1.78. The van der Waals surface area contributed by atoms with Crippen LogP contribution in [0, 0.1) is 0 Å². The lowest BCUT2D eigenvalue weighted by Crippen LogP contribution is -1.99. The SMILES string of the molecule is CCCC(=O)c1ccn(Cc2cccnc2)c1. The van der Waals surface area contributed by atoms with E-state index in [1.807, 2.05) is 48.3 Å². The van der Waals surface area contributed by atoms with Gasteiger partial charge in [0.2, 0.25) is 0 Å². The third-order valence-electron chi connectivity index (χ3n) is 2.64. The molecule has 2 aromatic rings. The van der Waals surface area contributed by atoms with Crippen LogP contribution in [-0.4, -0.2) is 15.3 Å². The molecule has 0 radical (unpaired) electrons. The third kappa shape index (κ3) is 3.03. The minimum atomic E-state index is 0.220. The first kappa shape index (κ1) is 11.6. The average molecular weight is 228 g/mol. The molecular formula is C14H16N2O. The molecule has 0 saturated carbocycles. The van der Waals surface area contributed by atoms with Gasteiger partial charge in [0.25, 0.3) is 0 Å². The lowest BCUT2D eigenvalue weighted by atomic mass is 10.1. The standard InChI is InChI=1S/C14H16N2O/c1-2-4-14(17)13-6-8-16(11-13)10-12-5-3-7-15-9-12/h3,5-9,11H,2,4,10H2,1H3. The van der Waals surface area contributed by atoms with Crippen molar-refractivity contribution < 1.29 is 4.79 Å². The predicted molar refractivity (Wildman–Crippen MR) is 67.0 cm³/mol. The van der Waals surface area contributed by atoms with Crippen molar-refractivity contribution in [1.29, 1.82) is 0 Å². The normalized spacial score (nSPS) is 10.4. The molecule has 88 valence electrons. The zero-order valence-corrected chi connectivity index (χ0v) is 9.97. The molecule has 3 nitrogen and oxygen atoms in total. The number of ketones is 1. The minimum Gasteiger partial charge on any atom is -0.349 e. The highest BCUT2D eigenvalue weighted by molar-refractivity contribution is 5.95. The molecule has 0 aliphatic heterocycles. The molecule has 0 N–H and O–H groups in total. The van der Waals surface area contributed by atoms with E-state index in [0.29, 0.717) is 6.42 Å². The maximum absolute atomic E-state index is 11.7. The van der Waals surface area contributed by atoms with Crippen LogP contribution in [0.15, 0.2) is 43.0 Å². The number of carbonyl (C=O) groups is 1. The van der Waals surface area contributed by atoms with Crippen LogP contribution < -0.4 is 0 Å². The highest BCUT2D eigenvalue weighted by atomic mass is 16.1. The average Bonchev–Trinajstić information content (AvgIpc) is 2.79. The number of hydrogen-bond donors (Lipinski definition) is 0. The smallest absolute Gasteiger partial charge is 0.164 e. The van der Waals surface area contributed by atoms with E-state index in [1.165, 1.54) is 0 Å². The van der Waals surface area contributed by atoms with Crippen molar-refractivity contribution in [3.63, 3.8) is 0 Å². The molecule has 0 atom stereocenters. The van der Waals surface area contributed by atoms with Gasteiger partial charge in [-0.25, -0.2) is 0 Å². The van der Waals surface area contributed by atoms with E-state index in [-0.39, 0.29) is 5.78 Å². The van der Waals surface area contributed by atoms with Crippen molar-refractivity contribution in [2.75, 3.05) is 0 Å². The third-order valence-corrected chi connectivity index (χ3v) is 2.64. The van der Waals surface area contributed by atoms with Crippen molar-refractivity contribution in [1.82, 2.24) is 9.55 Å². The van der Waals surface area contributed by atoms with Gasteiger partial charge in [0, 0.05) is 43.3 Å². The van der Waals surface area contributed by atoms with E-state index < -0.39 is 0 Å². The van der Waals surface area contributed by atoms with Crippen LogP contribution in [-0.2, 0) is 6.54 Å². The quantitative estimate of drug-likeness (QED) is 0.737. The summed E-state index contributed by atoms with van der Waals surface area (Å²) in [5, 5.41) is 0. The second kappa shape index (κ2) is 5.43. The van der Waals surface area contributed by atoms with Gasteiger partial charge in [0.05, 0.1) is 0 Å². The van der Waals surface area contributed by atoms with Gasteiger partial charge in [-0.3, -0.25) is 9.78 Å². The first-order valence-electron chi connectivity index (χ1n) is 5.87. The molecule has 17 heavy (non-hydrogen) atoms. The summed E-state index contributed by atoms with van der Waals surface area (Å²) >= 11 is 0. The van der Waals surface area contributed by atoms with Crippen molar-refractivity contribution >= 4 is 5.78 Å². The summed E-state index contributed by atoms with van der Waals surface area (Å²) in [5.74, 6) is 0.220. The molecule has 0 aliphatic rings. The zero-order valence-electron chi connectivity index (χ0n) is 9.97. The van der Waals surface area contributed by atoms with Crippen LogP contribution in [0.2, 0.25) is 0 Å². The Hall–Kier alpha value is -1.90. The highest BCUT2D eigenvalue weighted by Gasteiger charge is 2.06. The predicted octanol–water partition coefficient (Wildman–Crippen LogP) is 2.91. The largest absolute Gasteiger partial charge is 0.349 e. The maximum Gasteiger partial charge on any atom is 0.164 e. The summed E-state index contributed by atoms with van der Waals surface area (Å²) in [7, 11) is 0. The molecule has 3 heteroatoms. The number of Topliss-reactive ketones (excluding diaryl/α,β-unsaturated/α-hetero) is 1. The van der Waals surface area contributed by atoms with Gasteiger partial charge >= 0.3 is 0 Å². The monoisotopic (exact) mass is 228 g/mol. The van der Waals surface area contributed by atoms with Gasteiger partial charge in [-0.1, -0.05) is 13.0 Å². The van der Waals surface area contributed by atoms with Crippen molar-refractivity contribution in [2.24, 2.45) is 0 Å². The summed E-state index contributed by atoms with van der Waals surface area (Å²) in [6, 6.07) is 5.83. The van der Waals surface area contributed by atoms with Crippen LogP contribution in [0.3, 0.4) is 0 Å². The fourth-order valence-electron chi connectivity index (χ4n) is 1.78. The van der Waals surface area contributed by atoms with Gasteiger partial charge in [-0.05, 0) is 24.1 Å². The van der Waals surface area contributed by atoms with Crippen molar-refractivity contribution in [3.05, 3.63) is 54.1 Å². The van der Waals surface area contributed by atoms with Crippen LogP contribution in [0.1, 0.15) is 35.7 Å². The fraction of sp³-hybridized carbons (Fsp3) is 0.286. The van der Waals surface area contributed by atoms with Gasteiger partial charge in [0.15, 0.2) is 5.78 Å². The van der Waals surface area contributed by atoms with Crippen molar-refractivity contribution in [2.45, 2.75) is 26.3 Å². The number of nitrogens with zero attached hydrogens (tertiary/aromatic N) is 2. The summed E-state index contributed by atoms with van der Waals surface area (Å²) in [4.78, 5) is 15.8. The summed E-state index contributed by atoms with van der Waals surface area (Å²) in [6.45, 7) is 2.78. The van der Waals surface area contributed by atoms with Gasteiger partial charge in [0.1, 0.15) is 0 Å². The molecule has 0 saturated heterocycles. The summed E-state index contributed by atoms with van der Waals surface area (Å²) in [5.41, 5.74) is 1.94. The highest BCUT2D eigenvalue weighted by Crippen LogP contribution is 2.08. The van der Waals surface area contributed by atoms with E-state index in [9.17, 15) is 4.79 Å². The van der Waals surface area contributed by atoms with E-state index in [4.69, 9.17) is 0 Å². The minimum absolute atomic E-state index is 0.220. The van der Waals surface area contributed by atoms with Crippen LogP contribution >= 0.6 is 0 Å². The number of aromatic nitrogens is 2. The number of carbonyl (C=O) groups excluding carboxylic acids is 1. The molecule has 0 unspecified atom stereocenters. The molecule has 0 bridgehead atoms. The summed E-state index contributed by atoms with van der Waals surface area (Å²) in [6.07, 6.45) is 8.97. The van der Waals surface area contributed by atoms with E-state index >= 15 is 0 Å². The first-order chi connectivity index (χ1) is 8.29. The molecule has 2 rings (SSSR count). The molecule has 0 spiro atoms. The second-order valence-electron chi connectivity index (χ2n) is 4.11. The molecule has 0 amide bonds. The Morgan fingerprint density at radius 3 is 3.00 bits per heavy atom. The Labute approximate surface area is 101 Å². The number of pyridine rings is 1. The van der Waals surface area contributed by atoms with E-state index in [0.717, 1.165) is 24.1 Å². The molecule has 2 aromatic heterocycles. The second-order valence-corrected chi connectivity index (χ2v) is 4.11. The van der Waals surface area contributed by atoms with Crippen molar-refractivity contribution in [3.8, 4) is 0 Å². The molecule has 0 aliphatic carbocycles. The lowest BCUT2D eigenvalue weighted by Gasteiger charge is -2.01. The lowest BCUT2D eigenvalue weighted by molar-refractivity contribution is 0.0981. The molecule has 0 fully saturated rings. The molecule has 2 heterocycles. The van der Waals surface area contributed by atoms with Crippen LogP contribution in [0.4, 0.5) is 0 Å².